The lowest BCUT2D eigenvalue weighted by Crippen LogP contribution is -2.48. The number of hydrogen-bond donors (Lipinski definition) is 0. The zero-order valence-electron chi connectivity index (χ0n) is 11.9. The van der Waals surface area contributed by atoms with E-state index in [9.17, 15) is 4.79 Å². The van der Waals surface area contributed by atoms with E-state index >= 15 is 0 Å². The van der Waals surface area contributed by atoms with E-state index in [1.54, 1.807) is 7.05 Å². The molecule has 1 aliphatic rings. The predicted molar refractivity (Wildman–Crippen MR) is 82.8 cm³/mol. The quantitative estimate of drug-likeness (QED) is 0.852. The van der Waals surface area contributed by atoms with E-state index in [1.807, 2.05) is 23.1 Å². The van der Waals surface area contributed by atoms with Crippen molar-refractivity contribution < 1.29 is 4.79 Å². The molecule has 0 atom stereocenters. The van der Waals surface area contributed by atoms with Crippen LogP contribution in [-0.2, 0) is 7.05 Å². The highest BCUT2D eigenvalue weighted by atomic mass is 35.5. The zero-order chi connectivity index (χ0) is 14.8. The number of benzene rings is 1. The standard InChI is InChI=1S/C15H17ClN4O/c1-18-14(16)13(11-17-18)15(21)20-9-7-19(8-10-20)12-5-3-2-4-6-12/h2-6,11H,7-10H2,1H3. The molecule has 0 radical (unpaired) electrons. The number of anilines is 1. The smallest absolute Gasteiger partial charge is 0.258 e. The molecular formula is C15H17ClN4O. The molecule has 0 saturated carbocycles. The maximum absolute atomic E-state index is 12.4. The van der Waals surface area contributed by atoms with Crippen LogP contribution in [0.15, 0.2) is 36.5 Å². The Morgan fingerprint density at radius 3 is 2.38 bits per heavy atom. The molecule has 1 aromatic heterocycles. The molecule has 1 amide bonds. The van der Waals surface area contributed by atoms with Crippen LogP contribution in [0, 0.1) is 0 Å². The molecular weight excluding hydrogens is 288 g/mol. The largest absolute Gasteiger partial charge is 0.368 e. The average molecular weight is 305 g/mol. The van der Waals surface area contributed by atoms with Gasteiger partial charge in [-0.3, -0.25) is 9.48 Å². The second kappa shape index (κ2) is 5.77. The summed E-state index contributed by atoms with van der Waals surface area (Å²) in [6, 6.07) is 10.3. The first-order chi connectivity index (χ1) is 10.2. The predicted octanol–water partition coefficient (Wildman–Crippen LogP) is 2.04. The molecule has 6 heteroatoms. The Hall–Kier alpha value is -2.01. The summed E-state index contributed by atoms with van der Waals surface area (Å²) >= 11 is 6.09. The second-order valence-electron chi connectivity index (χ2n) is 5.09. The van der Waals surface area contributed by atoms with Gasteiger partial charge in [0.25, 0.3) is 5.91 Å². The van der Waals surface area contributed by atoms with Gasteiger partial charge in [0.1, 0.15) is 5.15 Å². The number of halogens is 1. The minimum atomic E-state index is -0.0409. The average Bonchev–Trinajstić information content (AvgIpc) is 2.87. The van der Waals surface area contributed by atoms with Crippen molar-refractivity contribution in [2.75, 3.05) is 31.1 Å². The third-order valence-electron chi connectivity index (χ3n) is 3.79. The van der Waals surface area contributed by atoms with Crippen molar-refractivity contribution in [1.82, 2.24) is 14.7 Å². The van der Waals surface area contributed by atoms with E-state index < -0.39 is 0 Å². The van der Waals surface area contributed by atoms with Crippen LogP contribution in [0.1, 0.15) is 10.4 Å². The summed E-state index contributed by atoms with van der Waals surface area (Å²) in [6.45, 7) is 3.04. The van der Waals surface area contributed by atoms with Crippen LogP contribution < -0.4 is 4.90 Å². The van der Waals surface area contributed by atoms with Gasteiger partial charge in [0.2, 0.25) is 0 Å². The number of nitrogens with zero attached hydrogens (tertiary/aromatic N) is 4. The van der Waals surface area contributed by atoms with Crippen molar-refractivity contribution in [1.29, 1.82) is 0 Å². The SMILES string of the molecule is Cn1ncc(C(=O)N2CCN(c3ccccc3)CC2)c1Cl. The second-order valence-corrected chi connectivity index (χ2v) is 5.45. The Balaban J connectivity index is 1.66. The summed E-state index contributed by atoms with van der Waals surface area (Å²) in [5.41, 5.74) is 1.68. The number of rotatable bonds is 2. The highest BCUT2D eigenvalue weighted by molar-refractivity contribution is 6.32. The van der Waals surface area contributed by atoms with E-state index in [0.717, 1.165) is 13.1 Å². The highest BCUT2D eigenvalue weighted by Gasteiger charge is 2.25. The fourth-order valence-corrected chi connectivity index (χ4v) is 2.72. The Labute approximate surface area is 128 Å². The number of carbonyl (C=O) groups is 1. The van der Waals surface area contributed by atoms with Gasteiger partial charge in [0.15, 0.2) is 0 Å². The first kappa shape index (κ1) is 13.9. The third-order valence-corrected chi connectivity index (χ3v) is 4.23. The Morgan fingerprint density at radius 1 is 1.14 bits per heavy atom. The van der Waals surface area contributed by atoms with E-state index in [1.165, 1.54) is 16.6 Å². The number of amides is 1. The van der Waals surface area contributed by atoms with E-state index in [2.05, 4.69) is 22.1 Å². The molecule has 1 aromatic carbocycles. The van der Waals surface area contributed by atoms with Crippen LogP contribution in [-0.4, -0.2) is 46.8 Å². The summed E-state index contributed by atoms with van der Waals surface area (Å²) in [4.78, 5) is 16.6. The molecule has 2 aromatic rings. The molecule has 0 bridgehead atoms. The molecule has 0 aliphatic carbocycles. The number of para-hydroxylation sites is 1. The summed E-state index contributed by atoms with van der Waals surface area (Å²) in [6.07, 6.45) is 1.54. The van der Waals surface area contributed by atoms with Gasteiger partial charge < -0.3 is 9.80 Å². The highest BCUT2D eigenvalue weighted by Crippen LogP contribution is 2.19. The lowest BCUT2D eigenvalue weighted by atomic mass is 10.2. The van der Waals surface area contributed by atoms with Gasteiger partial charge >= 0.3 is 0 Å². The van der Waals surface area contributed by atoms with Crippen LogP contribution in [0.2, 0.25) is 5.15 Å². The van der Waals surface area contributed by atoms with Gasteiger partial charge in [-0.2, -0.15) is 5.10 Å². The van der Waals surface area contributed by atoms with Gasteiger partial charge in [-0.1, -0.05) is 29.8 Å². The summed E-state index contributed by atoms with van der Waals surface area (Å²) in [5, 5.41) is 4.42. The van der Waals surface area contributed by atoms with E-state index in [0.29, 0.717) is 23.8 Å². The van der Waals surface area contributed by atoms with Gasteiger partial charge in [0, 0.05) is 38.9 Å². The van der Waals surface area contributed by atoms with Gasteiger partial charge in [-0.15, -0.1) is 0 Å². The van der Waals surface area contributed by atoms with Crippen molar-refractivity contribution >= 4 is 23.2 Å². The van der Waals surface area contributed by atoms with Crippen LogP contribution in [0.25, 0.3) is 0 Å². The lowest BCUT2D eigenvalue weighted by molar-refractivity contribution is 0.0747. The van der Waals surface area contributed by atoms with Crippen molar-refractivity contribution in [2.45, 2.75) is 0 Å². The molecule has 21 heavy (non-hydrogen) atoms. The third kappa shape index (κ3) is 2.74. The number of carbonyl (C=O) groups excluding carboxylic acids is 1. The summed E-state index contributed by atoms with van der Waals surface area (Å²) < 4.78 is 1.51. The van der Waals surface area contributed by atoms with Crippen LogP contribution in [0.5, 0.6) is 0 Å². The first-order valence-corrected chi connectivity index (χ1v) is 7.31. The summed E-state index contributed by atoms with van der Waals surface area (Å²) in [7, 11) is 1.73. The van der Waals surface area contributed by atoms with Crippen molar-refractivity contribution in [3.05, 3.63) is 47.2 Å². The van der Waals surface area contributed by atoms with Gasteiger partial charge in [-0.25, -0.2) is 0 Å². The van der Waals surface area contributed by atoms with Crippen molar-refractivity contribution in [2.24, 2.45) is 7.05 Å². The number of aromatic nitrogens is 2. The first-order valence-electron chi connectivity index (χ1n) is 6.93. The lowest BCUT2D eigenvalue weighted by Gasteiger charge is -2.36. The van der Waals surface area contributed by atoms with Gasteiger partial charge in [-0.05, 0) is 12.1 Å². The minimum Gasteiger partial charge on any atom is -0.368 e. The van der Waals surface area contributed by atoms with Crippen LogP contribution in [0.4, 0.5) is 5.69 Å². The molecule has 0 spiro atoms. The minimum absolute atomic E-state index is 0.0409. The molecule has 1 aliphatic heterocycles. The maximum atomic E-state index is 12.4. The Bertz CT molecular complexity index is 632. The molecule has 0 N–H and O–H groups in total. The van der Waals surface area contributed by atoms with Gasteiger partial charge in [0.05, 0.1) is 11.8 Å². The molecule has 1 saturated heterocycles. The fourth-order valence-electron chi connectivity index (χ4n) is 2.54. The number of piperazine rings is 1. The molecule has 3 rings (SSSR count). The summed E-state index contributed by atoms with van der Waals surface area (Å²) in [5.74, 6) is -0.0409. The van der Waals surface area contributed by atoms with Crippen molar-refractivity contribution in [3.8, 4) is 0 Å². The van der Waals surface area contributed by atoms with Crippen molar-refractivity contribution in [3.63, 3.8) is 0 Å². The molecule has 0 unspecified atom stereocenters. The number of aryl methyl sites for hydroxylation is 1. The molecule has 1 fully saturated rings. The zero-order valence-corrected chi connectivity index (χ0v) is 12.6. The number of hydrogen-bond acceptors (Lipinski definition) is 3. The van der Waals surface area contributed by atoms with E-state index in [4.69, 9.17) is 11.6 Å². The van der Waals surface area contributed by atoms with Crippen LogP contribution in [0.3, 0.4) is 0 Å². The van der Waals surface area contributed by atoms with E-state index in [-0.39, 0.29) is 5.91 Å². The van der Waals surface area contributed by atoms with Crippen LogP contribution >= 0.6 is 11.6 Å². The molecule has 110 valence electrons. The fraction of sp³-hybridized carbons (Fsp3) is 0.333. The topological polar surface area (TPSA) is 41.4 Å². The molecule has 5 nitrogen and oxygen atoms in total. The Morgan fingerprint density at radius 2 is 1.81 bits per heavy atom. The Kier molecular flexibility index (Phi) is 3.84. The normalized spacial score (nSPS) is 15.3. The maximum Gasteiger partial charge on any atom is 0.258 e. The molecule has 2 heterocycles. The monoisotopic (exact) mass is 304 g/mol.